The molecule has 0 unspecified atom stereocenters. The molecule has 1 fully saturated rings. The number of aliphatic imine (C=N–C) groups is 1. The number of nitrogens with zero attached hydrogens (tertiary/aromatic N) is 2. The molecule has 1 atom stereocenters. The second-order valence-electron chi connectivity index (χ2n) is 8.40. The molecule has 1 aliphatic rings. The number of benzene rings is 3. The zero-order valence-electron chi connectivity index (χ0n) is 20.9. The van der Waals surface area contributed by atoms with Gasteiger partial charge in [0.1, 0.15) is 5.25 Å². The van der Waals surface area contributed by atoms with Gasteiger partial charge in [0, 0.05) is 18.7 Å². The molecule has 4 rings (SSSR count). The molecule has 196 valence electrons. The summed E-state index contributed by atoms with van der Waals surface area (Å²) in [5, 5.41) is 11.7. The predicted octanol–water partition coefficient (Wildman–Crippen LogP) is 4.61. The van der Waals surface area contributed by atoms with E-state index in [1.807, 2.05) is 48.5 Å². The van der Waals surface area contributed by atoms with E-state index in [-0.39, 0.29) is 23.8 Å². The first-order valence-corrected chi connectivity index (χ1v) is 12.7. The van der Waals surface area contributed by atoms with E-state index in [2.05, 4.69) is 10.3 Å². The summed E-state index contributed by atoms with van der Waals surface area (Å²) < 4.78 is 10.7. The third-order valence-corrected chi connectivity index (χ3v) is 7.03. The molecule has 0 saturated carbocycles. The van der Waals surface area contributed by atoms with Crippen LogP contribution >= 0.6 is 11.8 Å². The van der Waals surface area contributed by atoms with Crippen molar-refractivity contribution in [3.63, 3.8) is 0 Å². The van der Waals surface area contributed by atoms with E-state index in [4.69, 9.17) is 14.6 Å². The number of anilines is 1. The van der Waals surface area contributed by atoms with Crippen LogP contribution in [0.2, 0.25) is 0 Å². The molecule has 0 spiro atoms. The lowest BCUT2D eigenvalue weighted by atomic mass is 10.1. The Morgan fingerprint density at radius 3 is 2.37 bits per heavy atom. The summed E-state index contributed by atoms with van der Waals surface area (Å²) in [6.45, 7) is 0.377. The van der Waals surface area contributed by atoms with Gasteiger partial charge in [-0.15, -0.1) is 0 Å². The van der Waals surface area contributed by atoms with Crippen molar-refractivity contribution in [1.29, 1.82) is 0 Å². The van der Waals surface area contributed by atoms with Crippen molar-refractivity contribution in [2.45, 2.75) is 18.1 Å². The van der Waals surface area contributed by atoms with Gasteiger partial charge < -0.3 is 19.9 Å². The maximum absolute atomic E-state index is 13.4. The SMILES string of the molecule is COc1ccc(CCN2C(=O)[C@@H](CC(=O)Nc3ccc(C(=O)O)cc3)SC2=Nc2ccccc2)cc1OC. The molecule has 38 heavy (non-hydrogen) atoms. The Kier molecular flexibility index (Phi) is 8.65. The van der Waals surface area contributed by atoms with Gasteiger partial charge in [-0.2, -0.15) is 0 Å². The number of hydrogen-bond acceptors (Lipinski definition) is 7. The number of thioether (sulfide) groups is 1. The van der Waals surface area contributed by atoms with Gasteiger partial charge in [-0.3, -0.25) is 14.5 Å². The van der Waals surface area contributed by atoms with Crippen LogP contribution in [0, 0.1) is 0 Å². The molecule has 0 radical (unpaired) electrons. The van der Waals surface area contributed by atoms with Gasteiger partial charge >= 0.3 is 5.97 Å². The fraction of sp³-hybridized carbons (Fsp3) is 0.214. The Morgan fingerprint density at radius 1 is 1.00 bits per heavy atom. The predicted molar refractivity (Wildman–Crippen MR) is 147 cm³/mol. The lowest BCUT2D eigenvalue weighted by molar-refractivity contribution is -0.128. The molecule has 9 nitrogen and oxygen atoms in total. The van der Waals surface area contributed by atoms with Crippen LogP contribution in [0.4, 0.5) is 11.4 Å². The summed E-state index contributed by atoms with van der Waals surface area (Å²) in [4.78, 5) is 43.5. The summed E-state index contributed by atoms with van der Waals surface area (Å²) >= 11 is 1.26. The maximum Gasteiger partial charge on any atom is 0.335 e. The Labute approximate surface area is 224 Å². The highest BCUT2D eigenvalue weighted by Gasteiger charge is 2.39. The number of methoxy groups -OCH3 is 2. The van der Waals surface area contributed by atoms with Gasteiger partial charge in [0.15, 0.2) is 16.7 Å². The van der Waals surface area contributed by atoms with Crippen LogP contribution in [0.1, 0.15) is 22.3 Å². The molecular weight excluding hydrogens is 506 g/mol. The number of nitrogens with one attached hydrogen (secondary N) is 1. The third kappa shape index (κ3) is 6.51. The Hall–Kier alpha value is -4.31. The number of hydrogen-bond donors (Lipinski definition) is 2. The minimum atomic E-state index is -1.05. The van der Waals surface area contributed by atoms with Crippen LogP contribution in [0.25, 0.3) is 0 Å². The first-order chi connectivity index (χ1) is 18.4. The van der Waals surface area contributed by atoms with Crippen LogP contribution in [-0.2, 0) is 16.0 Å². The van der Waals surface area contributed by atoms with Gasteiger partial charge in [-0.25, -0.2) is 9.79 Å². The number of carboxylic acid groups (broad SMARTS) is 1. The molecule has 0 aromatic heterocycles. The number of amides is 2. The number of carboxylic acids is 1. The zero-order chi connectivity index (χ0) is 27.1. The van der Waals surface area contributed by atoms with E-state index in [9.17, 15) is 14.4 Å². The quantitative estimate of drug-likeness (QED) is 0.391. The highest BCUT2D eigenvalue weighted by molar-refractivity contribution is 8.15. The van der Waals surface area contributed by atoms with Gasteiger partial charge in [-0.05, 0) is 60.5 Å². The average molecular weight is 534 g/mol. The summed E-state index contributed by atoms with van der Waals surface area (Å²) in [5.41, 5.74) is 2.25. The number of carbonyl (C=O) groups is 3. The summed E-state index contributed by atoms with van der Waals surface area (Å²) in [6.07, 6.45) is 0.500. The van der Waals surface area contributed by atoms with E-state index in [1.54, 1.807) is 19.1 Å². The van der Waals surface area contributed by atoms with Crippen molar-refractivity contribution >= 4 is 46.1 Å². The molecule has 0 bridgehead atoms. The fourth-order valence-corrected chi connectivity index (χ4v) is 5.08. The first kappa shape index (κ1) is 26.7. The van der Waals surface area contributed by atoms with Crippen molar-refractivity contribution in [1.82, 2.24) is 4.90 Å². The summed E-state index contributed by atoms with van der Waals surface area (Å²) in [6, 6.07) is 20.8. The molecule has 10 heteroatoms. The van der Waals surface area contributed by atoms with Gasteiger partial charge in [-0.1, -0.05) is 36.0 Å². The van der Waals surface area contributed by atoms with Crippen LogP contribution < -0.4 is 14.8 Å². The van der Waals surface area contributed by atoms with E-state index in [0.717, 1.165) is 5.56 Å². The van der Waals surface area contributed by atoms with Gasteiger partial charge in [0.05, 0.1) is 25.5 Å². The lowest BCUT2D eigenvalue weighted by Crippen LogP contribution is -2.35. The normalized spacial score (nSPS) is 15.9. The number of rotatable bonds is 10. The zero-order valence-corrected chi connectivity index (χ0v) is 21.7. The Morgan fingerprint density at radius 2 is 1.71 bits per heavy atom. The number of para-hydroxylation sites is 1. The largest absolute Gasteiger partial charge is 0.493 e. The van der Waals surface area contributed by atoms with Crippen molar-refractivity contribution in [2.75, 3.05) is 26.1 Å². The maximum atomic E-state index is 13.4. The molecule has 2 amide bonds. The van der Waals surface area contributed by atoms with Crippen molar-refractivity contribution < 1.29 is 29.0 Å². The lowest BCUT2D eigenvalue weighted by Gasteiger charge is -2.17. The first-order valence-electron chi connectivity index (χ1n) is 11.8. The second kappa shape index (κ2) is 12.3. The molecule has 0 aliphatic carbocycles. The standard InChI is InChI=1S/C28H27N3O6S/c1-36-22-13-8-18(16-23(22)37-2)14-15-31-26(33)24(38-28(31)30-20-6-4-3-5-7-20)17-25(32)29-21-11-9-19(10-12-21)27(34)35/h3-13,16,24H,14-15,17H2,1-2H3,(H,29,32)(H,34,35)/t24-/m1/s1. The third-order valence-electron chi connectivity index (χ3n) is 5.86. The minimum absolute atomic E-state index is 0.0507. The highest BCUT2D eigenvalue weighted by Crippen LogP contribution is 2.33. The van der Waals surface area contributed by atoms with E-state index >= 15 is 0 Å². The molecule has 3 aromatic carbocycles. The van der Waals surface area contributed by atoms with Crippen LogP contribution in [0.5, 0.6) is 11.5 Å². The number of aromatic carboxylic acids is 1. The van der Waals surface area contributed by atoms with E-state index in [1.165, 1.54) is 36.0 Å². The molecule has 1 heterocycles. The van der Waals surface area contributed by atoms with E-state index in [0.29, 0.717) is 41.0 Å². The molecular formula is C28H27N3O6S. The van der Waals surface area contributed by atoms with Gasteiger partial charge in [0.2, 0.25) is 11.8 Å². The number of carbonyl (C=O) groups excluding carboxylic acids is 2. The van der Waals surface area contributed by atoms with E-state index < -0.39 is 11.2 Å². The summed E-state index contributed by atoms with van der Waals surface area (Å²) in [5.74, 6) is -0.356. The van der Waals surface area contributed by atoms with Crippen molar-refractivity contribution in [3.8, 4) is 11.5 Å². The van der Waals surface area contributed by atoms with Crippen LogP contribution in [0.15, 0.2) is 77.8 Å². The topological polar surface area (TPSA) is 118 Å². The number of amidine groups is 1. The second-order valence-corrected chi connectivity index (χ2v) is 9.57. The fourth-order valence-electron chi connectivity index (χ4n) is 3.90. The van der Waals surface area contributed by atoms with Gasteiger partial charge in [0.25, 0.3) is 0 Å². The van der Waals surface area contributed by atoms with Crippen LogP contribution in [-0.4, -0.2) is 59.0 Å². The van der Waals surface area contributed by atoms with Crippen LogP contribution in [0.3, 0.4) is 0 Å². The van der Waals surface area contributed by atoms with Crippen molar-refractivity contribution in [2.24, 2.45) is 4.99 Å². The molecule has 1 saturated heterocycles. The number of ether oxygens (including phenoxy) is 2. The Balaban J connectivity index is 1.48. The molecule has 2 N–H and O–H groups in total. The minimum Gasteiger partial charge on any atom is -0.493 e. The smallest absolute Gasteiger partial charge is 0.335 e. The molecule has 1 aliphatic heterocycles. The van der Waals surface area contributed by atoms with Crippen molar-refractivity contribution in [3.05, 3.63) is 83.9 Å². The highest BCUT2D eigenvalue weighted by atomic mass is 32.2. The monoisotopic (exact) mass is 533 g/mol. The average Bonchev–Trinajstić information content (AvgIpc) is 3.21. The summed E-state index contributed by atoms with van der Waals surface area (Å²) in [7, 11) is 3.15. The molecule has 3 aromatic rings. The Bertz CT molecular complexity index is 1340.